The van der Waals surface area contributed by atoms with Crippen LogP contribution in [0.2, 0.25) is 0 Å². The second-order valence-electron chi connectivity index (χ2n) is 7.75. The first-order valence-corrected chi connectivity index (χ1v) is 12.5. The molecule has 2 heteroatoms. The van der Waals surface area contributed by atoms with Crippen LogP contribution in [-0.4, -0.2) is 14.9 Å². The molecule has 0 fully saturated rings. The van der Waals surface area contributed by atoms with Crippen molar-refractivity contribution < 1.29 is 4.43 Å². The Morgan fingerprint density at radius 2 is 1.07 bits per heavy atom. The predicted octanol–water partition coefficient (Wildman–Crippen LogP) is 4.53. The van der Waals surface area contributed by atoms with Gasteiger partial charge < -0.3 is 4.43 Å². The Bertz CT molecular complexity index is 1050. The van der Waals surface area contributed by atoms with E-state index in [-0.39, 0.29) is 0 Å². The maximum absolute atomic E-state index is 7.07. The van der Waals surface area contributed by atoms with Gasteiger partial charge in [0.25, 0.3) is 8.32 Å². The van der Waals surface area contributed by atoms with Crippen molar-refractivity contribution in [2.24, 2.45) is 0 Å². The quantitative estimate of drug-likeness (QED) is 0.322. The molecule has 0 N–H and O–H groups in total. The van der Waals surface area contributed by atoms with E-state index < -0.39 is 8.32 Å². The molecule has 150 valence electrons. The van der Waals surface area contributed by atoms with Crippen molar-refractivity contribution in [1.29, 1.82) is 0 Å². The lowest BCUT2D eigenvalue weighted by Crippen LogP contribution is -2.70. The molecule has 0 spiro atoms. The van der Waals surface area contributed by atoms with Gasteiger partial charge in [0.2, 0.25) is 0 Å². The van der Waals surface area contributed by atoms with Crippen LogP contribution in [0.4, 0.5) is 0 Å². The van der Waals surface area contributed by atoms with Crippen LogP contribution in [0.3, 0.4) is 0 Å². The van der Waals surface area contributed by atoms with Crippen LogP contribution in [0, 0.1) is 13.8 Å². The van der Waals surface area contributed by atoms with Crippen LogP contribution in [0.5, 0.6) is 0 Å². The predicted molar refractivity (Wildman–Crippen MR) is 130 cm³/mol. The fraction of sp³-hybridized carbons (Fsp3) is 0.143. The number of hydrogen-bond acceptors (Lipinski definition) is 1. The Labute approximate surface area is 181 Å². The highest BCUT2D eigenvalue weighted by molar-refractivity contribution is 7.07. The molecule has 0 heterocycles. The maximum Gasteiger partial charge on any atom is 0.288 e. The number of aryl methyl sites for hydroxylation is 2. The molecule has 4 aromatic rings. The van der Waals surface area contributed by atoms with Crippen LogP contribution >= 0.6 is 0 Å². The van der Waals surface area contributed by atoms with Crippen molar-refractivity contribution in [3.63, 3.8) is 0 Å². The number of benzene rings is 4. The van der Waals surface area contributed by atoms with Gasteiger partial charge in [-0.15, -0.1) is 0 Å². The highest BCUT2D eigenvalue weighted by atomic mass is 28.4. The molecule has 4 aromatic carbocycles. The zero-order valence-corrected chi connectivity index (χ0v) is 18.7. The Kier molecular flexibility index (Phi) is 6.27. The van der Waals surface area contributed by atoms with Crippen molar-refractivity contribution in [2.45, 2.75) is 20.3 Å². The van der Waals surface area contributed by atoms with E-state index in [1.807, 2.05) is 0 Å². The van der Waals surface area contributed by atoms with Crippen LogP contribution in [-0.2, 0) is 10.8 Å². The molecule has 0 aliphatic rings. The third kappa shape index (κ3) is 4.02. The van der Waals surface area contributed by atoms with Crippen LogP contribution in [0.1, 0.15) is 16.7 Å². The zero-order valence-electron chi connectivity index (χ0n) is 17.7. The Morgan fingerprint density at radius 1 is 0.567 bits per heavy atom. The highest BCUT2D eigenvalue weighted by Gasteiger charge is 2.42. The second-order valence-corrected chi connectivity index (χ2v) is 11.1. The van der Waals surface area contributed by atoms with E-state index in [9.17, 15) is 0 Å². The average Bonchev–Trinajstić information content (AvgIpc) is 2.80. The zero-order chi connectivity index (χ0) is 20.8. The monoisotopic (exact) mass is 408 g/mol. The second kappa shape index (κ2) is 9.25. The first-order chi connectivity index (χ1) is 14.7. The van der Waals surface area contributed by atoms with E-state index in [0.29, 0.717) is 6.61 Å². The van der Waals surface area contributed by atoms with Gasteiger partial charge in [0, 0.05) is 6.61 Å². The van der Waals surface area contributed by atoms with Gasteiger partial charge in [0.05, 0.1) is 0 Å². The standard InChI is InChI=1S/C28H28OSi/c1-23-13-9-11-15-25(23)21-22-29-30(26-16-5-3-6-17-26,27-18-7-4-8-19-27)28-20-12-10-14-24(28)2/h3-20H,21-22H2,1-2H3. The first kappa shape index (κ1) is 20.3. The van der Waals surface area contributed by atoms with Gasteiger partial charge in [-0.3, -0.25) is 0 Å². The number of rotatable bonds is 7. The van der Waals surface area contributed by atoms with E-state index in [0.717, 1.165) is 6.42 Å². The smallest absolute Gasteiger partial charge is 0.288 e. The van der Waals surface area contributed by atoms with Gasteiger partial charge in [-0.2, -0.15) is 0 Å². The van der Waals surface area contributed by atoms with Crippen molar-refractivity contribution in [1.82, 2.24) is 0 Å². The van der Waals surface area contributed by atoms with E-state index in [1.165, 1.54) is 32.3 Å². The van der Waals surface area contributed by atoms with Gasteiger partial charge in [-0.25, -0.2) is 0 Å². The van der Waals surface area contributed by atoms with E-state index in [1.54, 1.807) is 0 Å². The number of hydrogen-bond donors (Lipinski definition) is 0. The summed E-state index contributed by atoms with van der Waals surface area (Å²) in [5.41, 5.74) is 3.96. The molecule has 0 aliphatic heterocycles. The Balaban J connectivity index is 1.83. The van der Waals surface area contributed by atoms with Gasteiger partial charge in [-0.05, 0) is 52.5 Å². The summed E-state index contributed by atoms with van der Waals surface area (Å²) in [6, 6.07) is 38.9. The summed E-state index contributed by atoms with van der Waals surface area (Å²) in [5.74, 6) is 0. The lowest BCUT2D eigenvalue weighted by Gasteiger charge is -2.34. The molecule has 0 atom stereocenters. The van der Waals surface area contributed by atoms with E-state index >= 15 is 0 Å². The van der Waals surface area contributed by atoms with Crippen LogP contribution < -0.4 is 15.6 Å². The first-order valence-electron chi connectivity index (χ1n) is 10.6. The van der Waals surface area contributed by atoms with E-state index in [4.69, 9.17) is 4.43 Å². The summed E-state index contributed by atoms with van der Waals surface area (Å²) in [6.07, 6.45) is 0.910. The minimum atomic E-state index is -2.64. The fourth-order valence-electron chi connectivity index (χ4n) is 4.24. The highest BCUT2D eigenvalue weighted by Crippen LogP contribution is 2.14. The Hall–Kier alpha value is -2.94. The Morgan fingerprint density at radius 3 is 1.63 bits per heavy atom. The van der Waals surface area contributed by atoms with Gasteiger partial charge in [-0.1, -0.05) is 109 Å². The lowest BCUT2D eigenvalue weighted by atomic mass is 10.1. The summed E-state index contributed by atoms with van der Waals surface area (Å²) >= 11 is 0. The minimum Gasteiger partial charge on any atom is -0.404 e. The van der Waals surface area contributed by atoms with Crippen LogP contribution in [0.25, 0.3) is 0 Å². The average molecular weight is 409 g/mol. The van der Waals surface area contributed by atoms with Crippen LogP contribution in [0.15, 0.2) is 109 Å². The molecule has 0 aliphatic carbocycles. The molecule has 0 saturated carbocycles. The van der Waals surface area contributed by atoms with Gasteiger partial charge >= 0.3 is 0 Å². The van der Waals surface area contributed by atoms with Crippen molar-refractivity contribution in [3.05, 3.63) is 126 Å². The molecule has 0 bridgehead atoms. The molecule has 0 saturated heterocycles. The summed E-state index contributed by atoms with van der Waals surface area (Å²) in [5, 5.41) is 3.90. The summed E-state index contributed by atoms with van der Waals surface area (Å²) < 4.78 is 7.07. The molecular weight excluding hydrogens is 380 g/mol. The molecular formula is C28H28OSi. The molecule has 0 amide bonds. The van der Waals surface area contributed by atoms with Crippen molar-refractivity contribution in [3.8, 4) is 0 Å². The minimum absolute atomic E-state index is 0.690. The van der Waals surface area contributed by atoms with Gasteiger partial charge in [0.1, 0.15) is 0 Å². The molecule has 30 heavy (non-hydrogen) atoms. The summed E-state index contributed by atoms with van der Waals surface area (Å²) in [4.78, 5) is 0. The largest absolute Gasteiger partial charge is 0.404 e. The normalized spacial score (nSPS) is 11.4. The lowest BCUT2D eigenvalue weighted by molar-refractivity contribution is 0.327. The maximum atomic E-state index is 7.07. The van der Waals surface area contributed by atoms with Crippen molar-refractivity contribution in [2.75, 3.05) is 6.61 Å². The fourth-order valence-corrected chi connectivity index (χ4v) is 8.39. The molecule has 0 unspecified atom stereocenters. The molecule has 1 nitrogen and oxygen atoms in total. The topological polar surface area (TPSA) is 9.23 Å². The van der Waals surface area contributed by atoms with Gasteiger partial charge in [0.15, 0.2) is 0 Å². The molecule has 4 rings (SSSR count). The summed E-state index contributed by atoms with van der Waals surface area (Å²) in [7, 11) is -2.64. The summed E-state index contributed by atoms with van der Waals surface area (Å²) in [6.45, 7) is 5.07. The SMILES string of the molecule is Cc1ccccc1CCO[Si](c1ccccc1)(c1ccccc1)c1ccccc1C. The third-order valence-corrected chi connectivity index (χ3v) is 10.1. The van der Waals surface area contributed by atoms with Crippen molar-refractivity contribution >= 4 is 23.9 Å². The van der Waals surface area contributed by atoms with E-state index in [2.05, 4.69) is 123 Å². The third-order valence-electron chi connectivity index (χ3n) is 5.84. The molecule has 0 aromatic heterocycles. The molecule has 0 radical (unpaired) electrons.